The van der Waals surface area contributed by atoms with E-state index in [1.807, 2.05) is 0 Å². The Balaban J connectivity index is 2.26. The highest BCUT2D eigenvalue weighted by Gasteiger charge is 2.32. The van der Waals surface area contributed by atoms with Gasteiger partial charge < -0.3 is 5.43 Å². The highest BCUT2D eigenvalue weighted by molar-refractivity contribution is 5.96. The summed E-state index contributed by atoms with van der Waals surface area (Å²) in [5, 5.41) is 2.58. The molecule has 88 valence electrons. The molecule has 0 saturated carbocycles. The summed E-state index contributed by atoms with van der Waals surface area (Å²) in [5.41, 5.74) is 9.49. The molecular weight excluding hydrogens is 208 g/mol. The lowest BCUT2D eigenvalue weighted by Crippen LogP contribution is -2.50. The van der Waals surface area contributed by atoms with Crippen LogP contribution in [0.1, 0.15) is 32.3 Å². The quantitative estimate of drug-likeness (QED) is 0.716. The van der Waals surface area contributed by atoms with Gasteiger partial charge in [-0.3, -0.25) is 0 Å². The van der Waals surface area contributed by atoms with Crippen molar-refractivity contribution in [3.05, 3.63) is 42.0 Å². The smallest absolute Gasteiger partial charge is 0.0601 e. The summed E-state index contributed by atoms with van der Waals surface area (Å²) in [5.74, 6) is 0.489. The van der Waals surface area contributed by atoms with Gasteiger partial charge in [0.15, 0.2) is 0 Å². The Morgan fingerprint density at radius 1 is 1.06 bits per heavy atom. The Kier molecular flexibility index (Phi) is 2.17. The van der Waals surface area contributed by atoms with Crippen molar-refractivity contribution in [3.8, 4) is 0 Å². The van der Waals surface area contributed by atoms with Crippen LogP contribution >= 0.6 is 0 Å². The number of hydrazine groups is 1. The topological polar surface area (TPSA) is 24.1 Å². The van der Waals surface area contributed by atoms with Gasteiger partial charge >= 0.3 is 0 Å². The van der Waals surface area contributed by atoms with Crippen molar-refractivity contribution in [2.24, 2.45) is 0 Å². The number of hydrogen-bond acceptors (Lipinski definition) is 2. The Morgan fingerprint density at radius 3 is 2.65 bits per heavy atom. The summed E-state index contributed by atoms with van der Waals surface area (Å²) >= 11 is 0. The van der Waals surface area contributed by atoms with Crippen LogP contribution in [0.3, 0.4) is 0 Å². The molecule has 2 nitrogen and oxygen atoms in total. The fourth-order valence-electron chi connectivity index (χ4n) is 2.51. The van der Waals surface area contributed by atoms with Crippen LogP contribution in [0.15, 0.2) is 36.4 Å². The van der Waals surface area contributed by atoms with E-state index in [0.29, 0.717) is 5.92 Å². The highest BCUT2D eigenvalue weighted by atomic mass is 15.4. The predicted molar refractivity (Wildman–Crippen MR) is 73.2 cm³/mol. The first-order valence-corrected chi connectivity index (χ1v) is 6.14. The van der Waals surface area contributed by atoms with Crippen molar-refractivity contribution < 1.29 is 0 Å². The molecule has 2 N–H and O–H groups in total. The molecule has 2 heteroatoms. The molecule has 3 rings (SSSR count). The van der Waals surface area contributed by atoms with Gasteiger partial charge in [0.25, 0.3) is 0 Å². The second-order valence-electron chi connectivity index (χ2n) is 5.44. The molecule has 1 atom stereocenters. The van der Waals surface area contributed by atoms with Crippen molar-refractivity contribution in [1.82, 2.24) is 5.43 Å². The number of anilines is 1. The van der Waals surface area contributed by atoms with E-state index in [1.54, 1.807) is 0 Å². The van der Waals surface area contributed by atoms with E-state index in [-0.39, 0.29) is 5.54 Å². The van der Waals surface area contributed by atoms with Crippen LogP contribution in [0.4, 0.5) is 5.69 Å². The molecule has 0 amide bonds. The number of fused-ring (bicyclic) bond motifs is 3. The summed E-state index contributed by atoms with van der Waals surface area (Å²) in [6, 6.07) is 13.0. The SMILES string of the molecule is CC1c2ccc3ccccc3c2NNC1(C)C. The molecule has 0 radical (unpaired) electrons. The van der Waals surface area contributed by atoms with Crippen LogP contribution < -0.4 is 10.9 Å². The van der Waals surface area contributed by atoms with Crippen LogP contribution in [0, 0.1) is 0 Å². The molecule has 1 heterocycles. The molecule has 0 aliphatic carbocycles. The molecule has 0 fully saturated rings. The first-order valence-electron chi connectivity index (χ1n) is 6.14. The van der Waals surface area contributed by atoms with Crippen molar-refractivity contribution in [2.45, 2.75) is 32.2 Å². The molecule has 0 aromatic heterocycles. The Hall–Kier alpha value is -1.54. The largest absolute Gasteiger partial charge is 0.320 e. The maximum Gasteiger partial charge on any atom is 0.0601 e. The Morgan fingerprint density at radius 2 is 1.82 bits per heavy atom. The van der Waals surface area contributed by atoms with Gasteiger partial charge in [0.2, 0.25) is 0 Å². The maximum absolute atomic E-state index is 3.41. The Bertz CT molecular complexity index is 572. The summed E-state index contributed by atoms with van der Waals surface area (Å²) in [4.78, 5) is 0. The second kappa shape index (κ2) is 3.47. The van der Waals surface area contributed by atoms with Crippen LogP contribution in [0.25, 0.3) is 10.8 Å². The van der Waals surface area contributed by atoms with Gasteiger partial charge in [0.1, 0.15) is 0 Å². The Labute approximate surface area is 102 Å². The number of benzene rings is 2. The molecule has 2 aromatic carbocycles. The van der Waals surface area contributed by atoms with E-state index in [0.717, 1.165) is 0 Å². The van der Waals surface area contributed by atoms with Crippen LogP contribution in [0.5, 0.6) is 0 Å². The van der Waals surface area contributed by atoms with Gasteiger partial charge in [-0.25, -0.2) is 5.43 Å². The van der Waals surface area contributed by atoms with E-state index in [2.05, 4.69) is 68.0 Å². The minimum atomic E-state index is 0.0788. The third-order valence-corrected chi connectivity index (χ3v) is 4.02. The maximum atomic E-state index is 3.41. The first kappa shape index (κ1) is 10.6. The molecule has 0 saturated heterocycles. The average Bonchev–Trinajstić information content (AvgIpc) is 2.33. The summed E-state index contributed by atoms with van der Waals surface area (Å²) < 4.78 is 0. The van der Waals surface area contributed by atoms with Gasteiger partial charge in [0, 0.05) is 16.8 Å². The van der Waals surface area contributed by atoms with Crippen LogP contribution in [-0.4, -0.2) is 5.54 Å². The highest BCUT2D eigenvalue weighted by Crippen LogP contribution is 2.39. The molecule has 1 unspecified atom stereocenters. The van der Waals surface area contributed by atoms with Gasteiger partial charge in [-0.05, 0) is 24.8 Å². The third-order valence-electron chi connectivity index (χ3n) is 4.02. The van der Waals surface area contributed by atoms with E-state index in [1.165, 1.54) is 22.0 Å². The minimum absolute atomic E-state index is 0.0788. The molecular formula is C15H18N2. The zero-order chi connectivity index (χ0) is 12.0. The summed E-state index contributed by atoms with van der Waals surface area (Å²) in [6.07, 6.45) is 0. The number of hydrogen-bond donors (Lipinski definition) is 2. The second-order valence-corrected chi connectivity index (χ2v) is 5.44. The van der Waals surface area contributed by atoms with Crippen molar-refractivity contribution >= 4 is 16.5 Å². The van der Waals surface area contributed by atoms with Crippen LogP contribution in [0.2, 0.25) is 0 Å². The van der Waals surface area contributed by atoms with Crippen molar-refractivity contribution in [2.75, 3.05) is 5.43 Å². The number of nitrogens with one attached hydrogen (secondary N) is 2. The normalized spacial score (nSPS) is 21.9. The molecule has 2 aromatic rings. The zero-order valence-corrected chi connectivity index (χ0v) is 10.5. The van der Waals surface area contributed by atoms with E-state index in [4.69, 9.17) is 0 Å². The van der Waals surface area contributed by atoms with Crippen molar-refractivity contribution in [3.63, 3.8) is 0 Å². The van der Waals surface area contributed by atoms with E-state index < -0.39 is 0 Å². The fraction of sp³-hybridized carbons (Fsp3) is 0.333. The predicted octanol–water partition coefficient (Wildman–Crippen LogP) is 3.65. The van der Waals surface area contributed by atoms with Gasteiger partial charge in [-0.1, -0.05) is 43.3 Å². The lowest BCUT2D eigenvalue weighted by molar-refractivity contribution is 0.345. The molecule has 0 bridgehead atoms. The lowest BCUT2D eigenvalue weighted by Gasteiger charge is -2.40. The zero-order valence-electron chi connectivity index (χ0n) is 10.5. The first-order chi connectivity index (χ1) is 8.09. The monoisotopic (exact) mass is 226 g/mol. The molecule has 1 aliphatic heterocycles. The summed E-state index contributed by atoms with van der Waals surface area (Å²) in [7, 11) is 0. The lowest BCUT2D eigenvalue weighted by atomic mass is 9.81. The average molecular weight is 226 g/mol. The van der Waals surface area contributed by atoms with Crippen molar-refractivity contribution in [1.29, 1.82) is 0 Å². The van der Waals surface area contributed by atoms with E-state index in [9.17, 15) is 0 Å². The molecule has 1 aliphatic rings. The number of rotatable bonds is 0. The standard InChI is InChI=1S/C15H18N2/c1-10-12-9-8-11-6-4-5-7-13(11)14(12)16-17-15(10,2)3/h4-10,16-17H,1-3H3. The fourth-order valence-corrected chi connectivity index (χ4v) is 2.51. The van der Waals surface area contributed by atoms with Crippen LogP contribution in [-0.2, 0) is 0 Å². The third kappa shape index (κ3) is 1.52. The van der Waals surface area contributed by atoms with Gasteiger partial charge in [-0.15, -0.1) is 0 Å². The minimum Gasteiger partial charge on any atom is -0.320 e. The molecule has 0 spiro atoms. The molecule has 17 heavy (non-hydrogen) atoms. The van der Waals surface area contributed by atoms with Gasteiger partial charge in [0.05, 0.1) is 5.69 Å². The van der Waals surface area contributed by atoms with Gasteiger partial charge in [-0.2, -0.15) is 0 Å². The van der Waals surface area contributed by atoms with E-state index >= 15 is 0 Å². The summed E-state index contributed by atoms with van der Waals surface area (Å²) in [6.45, 7) is 6.73.